The Balaban J connectivity index is 1.42. The molecule has 3 fully saturated rings. The molecule has 3 aliphatic rings. The van der Waals surface area contributed by atoms with E-state index in [2.05, 4.69) is 48.1 Å². The molecule has 3 aliphatic heterocycles. The van der Waals surface area contributed by atoms with Crippen molar-refractivity contribution in [1.82, 2.24) is 0 Å². The maximum atomic E-state index is 13.4. The van der Waals surface area contributed by atoms with Crippen molar-refractivity contribution in [2.45, 2.75) is 140 Å². The largest absolute Gasteiger partial charge is 0.374 e. The van der Waals surface area contributed by atoms with Gasteiger partial charge in [-0.2, -0.15) is 0 Å². The van der Waals surface area contributed by atoms with Gasteiger partial charge in [-0.05, 0) is 81.7 Å². The maximum Gasteiger partial charge on any atom is 0.178 e. The predicted molar refractivity (Wildman–Crippen MR) is 162 cm³/mol. The third-order valence-electron chi connectivity index (χ3n) is 10.2. The lowest BCUT2D eigenvalue weighted by Crippen LogP contribution is -2.48. The minimum atomic E-state index is -3.47. The quantitative estimate of drug-likeness (QED) is 0.224. The van der Waals surface area contributed by atoms with Crippen LogP contribution in [0.5, 0.6) is 0 Å². The predicted octanol–water partition coefficient (Wildman–Crippen LogP) is 7.78. The molecule has 4 rings (SSSR count). The molecule has 1 aromatic rings. The van der Waals surface area contributed by atoms with Gasteiger partial charge < -0.3 is 14.2 Å². The summed E-state index contributed by atoms with van der Waals surface area (Å²) in [6.07, 6.45) is 6.98. The van der Waals surface area contributed by atoms with E-state index in [0.29, 0.717) is 17.2 Å². The number of hydrogen-bond donors (Lipinski definition) is 0. The number of sulfone groups is 1. The van der Waals surface area contributed by atoms with Gasteiger partial charge in [0, 0.05) is 13.7 Å². The molecule has 226 valence electrons. The van der Waals surface area contributed by atoms with E-state index in [-0.39, 0.29) is 59.6 Å². The van der Waals surface area contributed by atoms with Crippen LogP contribution in [0.3, 0.4) is 0 Å². The maximum absolute atomic E-state index is 13.4. The summed E-state index contributed by atoms with van der Waals surface area (Å²) in [5.41, 5.74) is 0.711. The molecule has 0 saturated carbocycles. The van der Waals surface area contributed by atoms with Crippen LogP contribution in [0.4, 0.5) is 0 Å². The zero-order valence-corrected chi connectivity index (χ0v) is 26.5. The zero-order chi connectivity index (χ0) is 29.9. The lowest BCUT2D eigenvalue weighted by atomic mass is 9.81. The van der Waals surface area contributed by atoms with Crippen molar-refractivity contribution in [3.05, 3.63) is 42.5 Å². The van der Waals surface area contributed by atoms with Gasteiger partial charge in [-0.1, -0.05) is 71.4 Å². The first kappa shape index (κ1) is 30.3. The Morgan fingerprint density at radius 3 is 2.50 bits per heavy atom. The number of rotatable bonds is 13. The molecule has 5 nitrogen and oxygen atoms in total. The van der Waals surface area contributed by atoms with Crippen LogP contribution in [-0.4, -0.2) is 50.3 Å². The summed E-state index contributed by atoms with van der Waals surface area (Å²) in [7, 11) is -3.47. The molecule has 1 aromatic carbocycles. The molecule has 0 spiro atoms. The average molecular weight is 577 g/mol. The standard InChI is InChI=1S/C34H54O5S/c1-8-23(3)19-32-27(7)30(22-40(35,36)29-13-11-10-12-14-29)31(38-32)17-15-24(4)25(5)20-28-16-18-33-34(9-2,39-28)21-26(6)37-33/h10-14,23,25-28,30-33H,4,8-9,15-22H2,1-3,5-7H3/t23?,25-,26+,27-,28?,30-,31+,32-,33+,34+/m1/s1/i15T/t15-,23?,25-,26+,27-,28?,30-,31+,32-,33+,34+. The Morgan fingerprint density at radius 2 is 1.82 bits per heavy atom. The second kappa shape index (κ2) is 13.4. The van der Waals surface area contributed by atoms with E-state index in [4.69, 9.17) is 15.6 Å². The topological polar surface area (TPSA) is 61.8 Å². The van der Waals surface area contributed by atoms with E-state index in [1.807, 2.05) is 6.07 Å². The lowest BCUT2D eigenvalue weighted by molar-refractivity contribution is -0.170. The van der Waals surface area contributed by atoms with Crippen LogP contribution in [0, 0.1) is 23.7 Å². The van der Waals surface area contributed by atoms with Crippen molar-refractivity contribution >= 4 is 9.84 Å². The fourth-order valence-corrected chi connectivity index (χ4v) is 9.04. The van der Waals surface area contributed by atoms with E-state index < -0.39 is 16.2 Å². The smallest absolute Gasteiger partial charge is 0.178 e. The minimum Gasteiger partial charge on any atom is -0.374 e. The average Bonchev–Trinajstić information content (AvgIpc) is 3.43. The molecule has 0 aliphatic carbocycles. The number of benzene rings is 1. The van der Waals surface area contributed by atoms with Crippen LogP contribution in [0.25, 0.3) is 0 Å². The third-order valence-corrected chi connectivity index (χ3v) is 12.0. The van der Waals surface area contributed by atoms with Gasteiger partial charge in [0.25, 0.3) is 0 Å². The fraction of sp³-hybridized carbons (Fsp3) is 0.765. The lowest BCUT2D eigenvalue weighted by Gasteiger charge is -2.42. The Kier molecular flexibility index (Phi) is 10.1. The highest BCUT2D eigenvalue weighted by Crippen LogP contribution is 2.45. The van der Waals surface area contributed by atoms with Gasteiger partial charge in [0.1, 0.15) is 0 Å². The van der Waals surface area contributed by atoms with Gasteiger partial charge in [0.05, 0.1) is 46.8 Å². The zero-order valence-electron chi connectivity index (χ0n) is 26.7. The summed E-state index contributed by atoms with van der Waals surface area (Å²) < 4.78 is 55.5. The van der Waals surface area contributed by atoms with Gasteiger partial charge in [-0.15, -0.1) is 0 Å². The van der Waals surface area contributed by atoms with Gasteiger partial charge in [-0.25, -0.2) is 8.42 Å². The minimum absolute atomic E-state index is 0.00801. The molecule has 11 atom stereocenters. The van der Waals surface area contributed by atoms with Gasteiger partial charge in [-0.3, -0.25) is 0 Å². The molecule has 0 bridgehead atoms. The van der Waals surface area contributed by atoms with Crippen molar-refractivity contribution in [1.29, 1.82) is 0 Å². The van der Waals surface area contributed by atoms with Crippen LogP contribution in [0.15, 0.2) is 47.4 Å². The second-order valence-corrected chi connectivity index (χ2v) is 15.1. The first-order chi connectivity index (χ1) is 19.4. The summed E-state index contributed by atoms with van der Waals surface area (Å²) >= 11 is 0. The molecular formula is C34H54O5S. The second-order valence-electron chi connectivity index (χ2n) is 13.1. The van der Waals surface area contributed by atoms with Crippen LogP contribution < -0.4 is 0 Å². The molecule has 3 heterocycles. The van der Waals surface area contributed by atoms with Crippen molar-refractivity contribution in [3.63, 3.8) is 0 Å². The summed E-state index contributed by atoms with van der Waals surface area (Å²) in [6.45, 7) is 17.4. The van der Waals surface area contributed by atoms with E-state index in [1.165, 1.54) is 0 Å². The van der Waals surface area contributed by atoms with Crippen molar-refractivity contribution < 1.29 is 24.0 Å². The van der Waals surface area contributed by atoms with Crippen molar-refractivity contribution in [2.75, 3.05) is 5.75 Å². The van der Waals surface area contributed by atoms with Crippen molar-refractivity contribution in [3.8, 4) is 0 Å². The molecule has 3 saturated heterocycles. The monoisotopic (exact) mass is 576 g/mol. The van der Waals surface area contributed by atoms with Crippen molar-refractivity contribution in [2.24, 2.45) is 23.7 Å². The Labute approximate surface area is 245 Å². The van der Waals surface area contributed by atoms with Gasteiger partial charge in [0.15, 0.2) is 9.84 Å². The Bertz CT molecular complexity index is 1110. The molecule has 0 amide bonds. The van der Waals surface area contributed by atoms with E-state index in [0.717, 1.165) is 50.5 Å². The van der Waals surface area contributed by atoms with E-state index in [1.54, 1.807) is 24.3 Å². The first-order valence-electron chi connectivity index (χ1n) is 16.3. The fourth-order valence-electron chi connectivity index (χ4n) is 7.25. The highest BCUT2D eigenvalue weighted by molar-refractivity contribution is 7.91. The number of ether oxygens (including phenoxy) is 3. The van der Waals surface area contributed by atoms with Gasteiger partial charge in [0.2, 0.25) is 0 Å². The number of allylic oxidation sites excluding steroid dienone is 1. The Morgan fingerprint density at radius 1 is 1.10 bits per heavy atom. The molecule has 40 heavy (non-hydrogen) atoms. The summed E-state index contributed by atoms with van der Waals surface area (Å²) in [5.74, 6) is 0.636. The van der Waals surface area contributed by atoms with Crippen LogP contribution in [0.1, 0.15) is 101 Å². The third kappa shape index (κ3) is 7.22. The molecule has 0 aromatic heterocycles. The van der Waals surface area contributed by atoms with Crippen LogP contribution in [0.2, 0.25) is 0 Å². The van der Waals surface area contributed by atoms with E-state index >= 15 is 0 Å². The first-order valence-corrected chi connectivity index (χ1v) is 17.4. The molecule has 6 heteroatoms. The molecular weight excluding hydrogens is 520 g/mol. The van der Waals surface area contributed by atoms with Crippen LogP contribution in [-0.2, 0) is 24.0 Å². The summed E-state index contributed by atoms with van der Waals surface area (Å²) in [5, 5.41) is 0. The van der Waals surface area contributed by atoms with Crippen LogP contribution >= 0.6 is 0 Å². The summed E-state index contributed by atoms with van der Waals surface area (Å²) in [4.78, 5) is 0.360. The summed E-state index contributed by atoms with van der Waals surface area (Å²) in [6, 6.07) is 8.73. The molecule has 2 unspecified atom stereocenters. The molecule has 0 N–H and O–H groups in total. The van der Waals surface area contributed by atoms with E-state index in [9.17, 15) is 8.42 Å². The number of hydrogen-bond acceptors (Lipinski definition) is 5. The highest BCUT2D eigenvalue weighted by atomic mass is 32.2. The SMILES string of the molecule is [3H][C@H](C[C@@H]1O[C@H](CC(C)CC)[C@H](C)[C@H]1CS(=O)(=O)c1ccccc1)C(=C)[C@H](C)CC1CC[C@@H]2O[C@@H](C)C[C@]2(CC)O1. The highest BCUT2D eigenvalue weighted by Gasteiger charge is 2.51. The number of fused-ring (bicyclic) bond motifs is 1. The Hall–Kier alpha value is -1.21. The molecule has 0 radical (unpaired) electrons. The van der Waals surface area contributed by atoms with Gasteiger partial charge >= 0.3 is 0 Å². The normalized spacial score (nSPS) is 37.0.